The van der Waals surface area contributed by atoms with Gasteiger partial charge in [0, 0.05) is 19.2 Å². The monoisotopic (exact) mass is 404 g/mol. The van der Waals surface area contributed by atoms with Crippen molar-refractivity contribution < 1.29 is 15.0 Å². The summed E-state index contributed by atoms with van der Waals surface area (Å²) in [6, 6.07) is 8.71. The van der Waals surface area contributed by atoms with Gasteiger partial charge in [-0.15, -0.1) is 0 Å². The van der Waals surface area contributed by atoms with Crippen molar-refractivity contribution in [1.29, 1.82) is 0 Å². The van der Waals surface area contributed by atoms with Crippen LogP contribution in [0.5, 0.6) is 0 Å². The molecule has 1 heterocycles. The third-order valence-electron chi connectivity index (χ3n) is 6.51. The number of nitrogens with zero attached hydrogens (tertiary/aromatic N) is 1. The summed E-state index contributed by atoms with van der Waals surface area (Å²) >= 11 is 0. The number of aliphatic hydroxyl groups is 1. The second-order valence-electron chi connectivity index (χ2n) is 10.4. The van der Waals surface area contributed by atoms with Gasteiger partial charge in [-0.25, -0.2) is 4.79 Å². The number of likely N-dealkylation sites (tertiary alicyclic amines) is 1. The summed E-state index contributed by atoms with van der Waals surface area (Å²) in [5.74, 6) is 0. The van der Waals surface area contributed by atoms with Crippen LogP contribution in [0.25, 0.3) is 0 Å². The molecule has 1 aromatic rings. The Bertz CT molecular complexity index is 673. The van der Waals surface area contributed by atoms with Crippen molar-refractivity contribution in [3.8, 4) is 0 Å². The predicted molar refractivity (Wildman–Crippen MR) is 118 cm³/mol. The second-order valence-corrected chi connectivity index (χ2v) is 10.4. The molecular formula is C24H40N2O3. The minimum Gasteiger partial charge on any atom is -0.465 e. The van der Waals surface area contributed by atoms with Gasteiger partial charge in [-0.2, -0.15) is 0 Å². The van der Waals surface area contributed by atoms with Crippen molar-refractivity contribution in [1.82, 2.24) is 10.2 Å². The lowest BCUT2D eigenvalue weighted by molar-refractivity contribution is 0.000901. The number of amides is 1. The smallest absolute Gasteiger partial charge is 0.407 e. The quantitative estimate of drug-likeness (QED) is 0.588. The van der Waals surface area contributed by atoms with Crippen LogP contribution in [-0.4, -0.2) is 52.5 Å². The number of carbonyl (C=O) groups is 1. The van der Waals surface area contributed by atoms with Crippen molar-refractivity contribution in [3.63, 3.8) is 0 Å². The van der Waals surface area contributed by atoms with E-state index >= 15 is 0 Å². The zero-order valence-corrected chi connectivity index (χ0v) is 19.1. The van der Waals surface area contributed by atoms with Gasteiger partial charge in [0.2, 0.25) is 0 Å². The normalized spacial score (nSPS) is 21.4. The van der Waals surface area contributed by atoms with E-state index in [2.05, 4.69) is 71.1 Å². The molecule has 1 aliphatic rings. The first-order valence-corrected chi connectivity index (χ1v) is 10.9. The topological polar surface area (TPSA) is 72.8 Å². The molecular weight excluding hydrogens is 364 g/mol. The van der Waals surface area contributed by atoms with Gasteiger partial charge in [-0.3, -0.25) is 0 Å². The van der Waals surface area contributed by atoms with Gasteiger partial charge in [0.05, 0.1) is 5.54 Å². The second kappa shape index (κ2) is 9.05. The molecule has 1 unspecified atom stereocenters. The lowest BCUT2D eigenvalue weighted by Gasteiger charge is -2.52. The molecule has 0 bridgehead atoms. The summed E-state index contributed by atoms with van der Waals surface area (Å²) in [6.45, 7) is 14.5. The molecule has 164 valence electrons. The van der Waals surface area contributed by atoms with E-state index < -0.39 is 11.6 Å². The van der Waals surface area contributed by atoms with Gasteiger partial charge < -0.3 is 20.4 Å². The molecule has 0 saturated carbocycles. The molecule has 2 atom stereocenters. The molecule has 0 aromatic heterocycles. The Hall–Kier alpha value is -1.59. The predicted octanol–water partition coefficient (Wildman–Crippen LogP) is 4.43. The third kappa shape index (κ3) is 5.13. The molecule has 29 heavy (non-hydrogen) atoms. The maximum atomic E-state index is 12.2. The Labute approximate surface area is 176 Å². The Morgan fingerprint density at radius 1 is 1.17 bits per heavy atom. The number of rotatable bonds is 7. The minimum absolute atomic E-state index is 0.0202. The van der Waals surface area contributed by atoms with Crippen LogP contribution in [0, 0.1) is 5.41 Å². The summed E-state index contributed by atoms with van der Waals surface area (Å²) in [7, 11) is 0. The van der Waals surface area contributed by atoms with Crippen LogP contribution in [0.15, 0.2) is 24.3 Å². The van der Waals surface area contributed by atoms with Crippen LogP contribution in [0.3, 0.4) is 0 Å². The van der Waals surface area contributed by atoms with Crippen molar-refractivity contribution in [2.24, 2.45) is 5.41 Å². The fourth-order valence-corrected chi connectivity index (χ4v) is 4.91. The first-order chi connectivity index (χ1) is 13.4. The van der Waals surface area contributed by atoms with Crippen LogP contribution in [0.1, 0.15) is 71.9 Å². The first kappa shape index (κ1) is 23.7. The van der Waals surface area contributed by atoms with Gasteiger partial charge in [0.1, 0.15) is 0 Å². The van der Waals surface area contributed by atoms with Gasteiger partial charge in [-0.1, -0.05) is 65.8 Å². The molecule has 1 saturated heterocycles. The fraction of sp³-hybridized carbons (Fsp3) is 0.708. The highest BCUT2D eigenvalue weighted by Gasteiger charge is 2.56. The van der Waals surface area contributed by atoms with E-state index in [-0.39, 0.29) is 23.5 Å². The SMILES string of the molecule is CC(C)(C)c1ccc(CC(NCCCO)[C@@]2(C(C)(C)C)CCCN2C(=O)O)cc1. The van der Waals surface area contributed by atoms with E-state index in [0.29, 0.717) is 19.5 Å². The molecule has 2 rings (SSSR count). The Morgan fingerprint density at radius 2 is 1.79 bits per heavy atom. The largest absolute Gasteiger partial charge is 0.465 e. The summed E-state index contributed by atoms with van der Waals surface area (Å²) in [6.07, 6.45) is 2.31. The van der Waals surface area contributed by atoms with E-state index in [1.165, 1.54) is 11.1 Å². The van der Waals surface area contributed by atoms with Crippen LogP contribution >= 0.6 is 0 Å². The Balaban J connectivity index is 2.40. The molecule has 0 spiro atoms. The number of carboxylic acid groups (broad SMARTS) is 1. The van der Waals surface area contributed by atoms with Crippen molar-refractivity contribution in [2.45, 2.75) is 84.2 Å². The van der Waals surface area contributed by atoms with E-state index in [1.54, 1.807) is 4.90 Å². The highest BCUT2D eigenvalue weighted by atomic mass is 16.4. The number of aliphatic hydroxyl groups excluding tert-OH is 1. The van der Waals surface area contributed by atoms with E-state index in [1.807, 2.05) is 0 Å². The van der Waals surface area contributed by atoms with E-state index in [0.717, 1.165) is 19.3 Å². The zero-order chi connectivity index (χ0) is 21.9. The van der Waals surface area contributed by atoms with Gasteiger partial charge in [0.15, 0.2) is 0 Å². The molecule has 0 radical (unpaired) electrons. The van der Waals surface area contributed by atoms with Crippen molar-refractivity contribution in [3.05, 3.63) is 35.4 Å². The highest BCUT2D eigenvalue weighted by Crippen LogP contribution is 2.47. The molecule has 3 N–H and O–H groups in total. The summed E-state index contributed by atoms with van der Waals surface area (Å²) in [5, 5.41) is 22.9. The van der Waals surface area contributed by atoms with Crippen LogP contribution < -0.4 is 5.32 Å². The van der Waals surface area contributed by atoms with Crippen LogP contribution in [-0.2, 0) is 11.8 Å². The van der Waals surface area contributed by atoms with E-state index in [4.69, 9.17) is 0 Å². The standard InChI is InChI=1S/C24H40N2O3/c1-22(2,3)19-11-9-18(10-12-19)17-20(25-14-8-16-27)24(23(4,5)6)13-7-15-26(24)21(28)29/h9-12,20,25,27H,7-8,13-17H2,1-6H3,(H,28,29)/t20?,24-/m1/s1. The molecule has 1 aliphatic heterocycles. The maximum Gasteiger partial charge on any atom is 0.407 e. The molecule has 1 fully saturated rings. The highest BCUT2D eigenvalue weighted by molar-refractivity contribution is 5.67. The Kier molecular flexibility index (Phi) is 7.39. The summed E-state index contributed by atoms with van der Waals surface area (Å²) in [5.41, 5.74) is 1.90. The van der Waals surface area contributed by atoms with Crippen LogP contribution in [0.4, 0.5) is 4.79 Å². The molecule has 1 amide bonds. The maximum absolute atomic E-state index is 12.2. The van der Waals surface area contributed by atoms with E-state index in [9.17, 15) is 15.0 Å². The minimum atomic E-state index is -0.838. The lowest BCUT2D eigenvalue weighted by atomic mass is 9.66. The number of benzene rings is 1. The number of nitrogens with one attached hydrogen (secondary N) is 1. The molecule has 1 aromatic carbocycles. The summed E-state index contributed by atoms with van der Waals surface area (Å²) in [4.78, 5) is 13.8. The third-order valence-corrected chi connectivity index (χ3v) is 6.51. The van der Waals surface area contributed by atoms with Gasteiger partial charge >= 0.3 is 6.09 Å². The molecule has 5 heteroatoms. The van der Waals surface area contributed by atoms with Crippen molar-refractivity contribution in [2.75, 3.05) is 19.7 Å². The molecule has 0 aliphatic carbocycles. The number of hydrogen-bond donors (Lipinski definition) is 3. The lowest BCUT2D eigenvalue weighted by Crippen LogP contribution is -2.67. The van der Waals surface area contributed by atoms with Gasteiger partial charge in [0.25, 0.3) is 0 Å². The first-order valence-electron chi connectivity index (χ1n) is 10.9. The Morgan fingerprint density at radius 3 is 2.28 bits per heavy atom. The van der Waals surface area contributed by atoms with Crippen molar-refractivity contribution >= 4 is 6.09 Å². The molecule has 5 nitrogen and oxygen atoms in total. The number of hydrogen-bond acceptors (Lipinski definition) is 3. The average Bonchev–Trinajstić information content (AvgIpc) is 3.07. The zero-order valence-electron chi connectivity index (χ0n) is 19.1. The fourth-order valence-electron chi connectivity index (χ4n) is 4.91. The average molecular weight is 405 g/mol. The summed E-state index contributed by atoms with van der Waals surface area (Å²) < 4.78 is 0. The van der Waals surface area contributed by atoms with Crippen LogP contribution in [0.2, 0.25) is 0 Å². The van der Waals surface area contributed by atoms with Gasteiger partial charge in [-0.05, 0) is 54.2 Å².